The van der Waals surface area contributed by atoms with Crippen LogP contribution in [0.3, 0.4) is 0 Å². The Balaban J connectivity index is 2.85. The number of carbonyl (C=O) groups is 1. The lowest BCUT2D eigenvalue weighted by Crippen LogP contribution is -2.39. The summed E-state index contributed by atoms with van der Waals surface area (Å²) in [6.45, 7) is 1.71. The molecular formula is C10H13ClN4O2. The average Bonchev–Trinajstić information content (AvgIpc) is 2.23. The lowest BCUT2D eigenvalue weighted by Gasteiger charge is -2.11. The van der Waals surface area contributed by atoms with Gasteiger partial charge in [-0.1, -0.05) is 11.6 Å². The van der Waals surface area contributed by atoms with Crippen LogP contribution in [0.4, 0.5) is 10.5 Å². The number of hydrogen-bond acceptors (Lipinski definition) is 3. The van der Waals surface area contributed by atoms with Crippen molar-refractivity contribution in [2.24, 2.45) is 10.7 Å². The van der Waals surface area contributed by atoms with E-state index in [2.05, 4.69) is 15.6 Å². The number of carbonyl (C=O) groups excluding carboxylic acids is 1. The first-order valence-corrected chi connectivity index (χ1v) is 5.11. The molecule has 0 spiro atoms. The van der Waals surface area contributed by atoms with Gasteiger partial charge >= 0.3 is 6.03 Å². The zero-order valence-electron chi connectivity index (χ0n) is 9.41. The average molecular weight is 257 g/mol. The van der Waals surface area contributed by atoms with Crippen molar-refractivity contribution >= 4 is 29.3 Å². The number of amides is 2. The molecule has 0 bridgehead atoms. The van der Waals surface area contributed by atoms with Crippen molar-refractivity contribution in [1.82, 2.24) is 5.32 Å². The molecule has 0 aliphatic carbocycles. The first-order valence-electron chi connectivity index (χ1n) is 4.73. The second-order valence-corrected chi connectivity index (χ2v) is 3.71. The Kier molecular flexibility index (Phi) is 4.17. The summed E-state index contributed by atoms with van der Waals surface area (Å²) in [7, 11) is 1.45. The van der Waals surface area contributed by atoms with E-state index >= 15 is 0 Å². The van der Waals surface area contributed by atoms with Crippen molar-refractivity contribution in [1.29, 1.82) is 0 Å². The van der Waals surface area contributed by atoms with Crippen LogP contribution >= 0.6 is 11.6 Å². The summed E-state index contributed by atoms with van der Waals surface area (Å²) in [4.78, 5) is 15.0. The van der Waals surface area contributed by atoms with Gasteiger partial charge in [0.1, 0.15) is 5.75 Å². The minimum atomic E-state index is -0.552. The number of nitrogens with zero attached hydrogens (tertiary/aromatic N) is 1. The number of aromatic hydroxyl groups is 1. The zero-order valence-corrected chi connectivity index (χ0v) is 10.2. The molecule has 5 N–H and O–H groups in total. The summed E-state index contributed by atoms with van der Waals surface area (Å²) < 4.78 is 0. The fourth-order valence-corrected chi connectivity index (χ4v) is 1.51. The van der Waals surface area contributed by atoms with Crippen LogP contribution in [0.1, 0.15) is 5.56 Å². The van der Waals surface area contributed by atoms with E-state index in [1.165, 1.54) is 19.2 Å². The third kappa shape index (κ3) is 3.53. The number of nitrogens with one attached hydrogen (secondary N) is 2. The molecular weight excluding hydrogens is 244 g/mol. The van der Waals surface area contributed by atoms with Gasteiger partial charge in [-0.3, -0.25) is 10.3 Å². The number of rotatable bonds is 1. The Bertz CT molecular complexity index is 450. The van der Waals surface area contributed by atoms with Gasteiger partial charge in [-0.2, -0.15) is 0 Å². The first-order chi connectivity index (χ1) is 7.93. The monoisotopic (exact) mass is 256 g/mol. The van der Waals surface area contributed by atoms with E-state index in [1.807, 2.05) is 0 Å². The number of guanidine groups is 1. The SMILES string of the molecule is CN=C(N)NC(=O)Nc1c(C)cc(O)cc1Cl. The highest BCUT2D eigenvalue weighted by Crippen LogP contribution is 2.30. The number of anilines is 1. The Labute approximate surface area is 103 Å². The highest BCUT2D eigenvalue weighted by molar-refractivity contribution is 6.34. The Morgan fingerprint density at radius 2 is 2.18 bits per heavy atom. The van der Waals surface area contributed by atoms with Crippen molar-refractivity contribution < 1.29 is 9.90 Å². The van der Waals surface area contributed by atoms with Gasteiger partial charge in [0.2, 0.25) is 0 Å². The van der Waals surface area contributed by atoms with Gasteiger partial charge in [0.25, 0.3) is 0 Å². The van der Waals surface area contributed by atoms with E-state index in [-0.39, 0.29) is 16.7 Å². The van der Waals surface area contributed by atoms with Crippen LogP contribution in [0.15, 0.2) is 17.1 Å². The number of hydrogen-bond donors (Lipinski definition) is 4. The predicted molar refractivity (Wildman–Crippen MR) is 67.6 cm³/mol. The van der Waals surface area contributed by atoms with Crippen LogP contribution in [0.2, 0.25) is 5.02 Å². The molecule has 1 rings (SSSR count). The highest BCUT2D eigenvalue weighted by Gasteiger charge is 2.10. The van der Waals surface area contributed by atoms with E-state index in [1.54, 1.807) is 6.92 Å². The molecule has 0 saturated carbocycles. The normalized spacial score (nSPS) is 11.1. The minimum Gasteiger partial charge on any atom is -0.508 e. The standard InChI is InChI=1S/C10H13ClN4O2/c1-5-3-6(16)4-7(11)8(5)14-10(17)15-9(12)13-2/h3-4,16H,1-2H3,(H4,12,13,14,15,17). The van der Waals surface area contributed by atoms with E-state index in [9.17, 15) is 9.90 Å². The lowest BCUT2D eigenvalue weighted by atomic mass is 10.2. The Hall–Kier alpha value is -1.95. The second kappa shape index (κ2) is 5.40. The molecule has 0 unspecified atom stereocenters. The topological polar surface area (TPSA) is 99.7 Å². The summed E-state index contributed by atoms with van der Waals surface area (Å²) in [5.41, 5.74) is 6.38. The Morgan fingerprint density at radius 1 is 1.53 bits per heavy atom. The molecule has 0 aliphatic heterocycles. The molecule has 2 amide bonds. The maximum atomic E-state index is 11.5. The summed E-state index contributed by atoms with van der Waals surface area (Å²) in [5.74, 6) is 0.0307. The molecule has 0 fully saturated rings. The predicted octanol–water partition coefficient (Wildman–Crippen LogP) is 1.42. The second-order valence-electron chi connectivity index (χ2n) is 3.31. The van der Waals surface area contributed by atoms with Gasteiger partial charge in [0.05, 0.1) is 10.7 Å². The summed E-state index contributed by atoms with van der Waals surface area (Å²) in [6.07, 6.45) is 0. The number of urea groups is 1. The fraction of sp³-hybridized carbons (Fsp3) is 0.200. The molecule has 17 heavy (non-hydrogen) atoms. The molecule has 0 radical (unpaired) electrons. The summed E-state index contributed by atoms with van der Waals surface area (Å²) in [6, 6.07) is 2.27. The number of aryl methyl sites for hydroxylation is 1. The lowest BCUT2D eigenvalue weighted by molar-refractivity contribution is 0.256. The smallest absolute Gasteiger partial charge is 0.326 e. The molecule has 92 valence electrons. The van der Waals surface area contributed by atoms with Gasteiger partial charge in [0.15, 0.2) is 5.96 Å². The molecule has 0 atom stereocenters. The van der Waals surface area contributed by atoms with Crippen molar-refractivity contribution in [2.45, 2.75) is 6.92 Å². The molecule has 1 aromatic rings. The molecule has 0 saturated heterocycles. The van der Waals surface area contributed by atoms with Crippen LogP contribution in [-0.4, -0.2) is 24.1 Å². The number of benzene rings is 1. The molecule has 0 aliphatic rings. The molecule has 0 heterocycles. The minimum absolute atomic E-state index is 0.00458. The molecule has 6 nitrogen and oxygen atoms in total. The van der Waals surface area contributed by atoms with Gasteiger partial charge in [-0.25, -0.2) is 4.79 Å². The number of phenols is 1. The van der Waals surface area contributed by atoms with Crippen molar-refractivity contribution in [3.05, 3.63) is 22.7 Å². The highest BCUT2D eigenvalue weighted by atomic mass is 35.5. The van der Waals surface area contributed by atoms with E-state index < -0.39 is 6.03 Å². The maximum Gasteiger partial charge on any atom is 0.326 e. The van der Waals surface area contributed by atoms with E-state index in [0.717, 1.165) is 0 Å². The molecule has 7 heteroatoms. The quantitative estimate of drug-likeness (QED) is 0.347. The van der Waals surface area contributed by atoms with Crippen molar-refractivity contribution in [2.75, 3.05) is 12.4 Å². The number of phenolic OH excluding ortho intramolecular Hbond substituents is 1. The zero-order chi connectivity index (χ0) is 13.0. The molecule has 1 aromatic carbocycles. The van der Waals surface area contributed by atoms with Crippen molar-refractivity contribution in [3.8, 4) is 5.75 Å². The third-order valence-corrected chi connectivity index (χ3v) is 2.29. The fourth-order valence-electron chi connectivity index (χ4n) is 1.20. The largest absolute Gasteiger partial charge is 0.508 e. The van der Waals surface area contributed by atoms with E-state index in [0.29, 0.717) is 11.3 Å². The number of nitrogens with two attached hydrogens (primary N) is 1. The van der Waals surface area contributed by atoms with Crippen molar-refractivity contribution in [3.63, 3.8) is 0 Å². The maximum absolute atomic E-state index is 11.5. The van der Waals surface area contributed by atoms with Gasteiger partial charge in [-0.05, 0) is 18.6 Å². The van der Waals surface area contributed by atoms with Crippen LogP contribution in [0.5, 0.6) is 5.75 Å². The van der Waals surface area contributed by atoms with Gasteiger partial charge in [-0.15, -0.1) is 0 Å². The van der Waals surface area contributed by atoms with Gasteiger partial charge in [0, 0.05) is 13.1 Å². The van der Waals surface area contributed by atoms with Crippen LogP contribution < -0.4 is 16.4 Å². The first kappa shape index (κ1) is 13.1. The Morgan fingerprint density at radius 3 is 2.71 bits per heavy atom. The van der Waals surface area contributed by atoms with Crippen LogP contribution in [-0.2, 0) is 0 Å². The van der Waals surface area contributed by atoms with Crippen LogP contribution in [0.25, 0.3) is 0 Å². The number of aliphatic imine (C=N–C) groups is 1. The summed E-state index contributed by atoms with van der Waals surface area (Å²) >= 11 is 5.89. The van der Waals surface area contributed by atoms with E-state index in [4.69, 9.17) is 17.3 Å². The molecule has 0 aromatic heterocycles. The van der Waals surface area contributed by atoms with Crippen LogP contribution in [0, 0.1) is 6.92 Å². The van der Waals surface area contributed by atoms with Gasteiger partial charge < -0.3 is 16.2 Å². The summed E-state index contributed by atoms with van der Waals surface area (Å²) in [5, 5.41) is 14.3. The third-order valence-electron chi connectivity index (χ3n) is 1.99. The number of halogens is 1.